The Hall–Kier alpha value is -1.27. The third-order valence-corrected chi connectivity index (χ3v) is 4.24. The van der Waals surface area contributed by atoms with Crippen LogP contribution in [0.3, 0.4) is 0 Å². The molecular formula is C16H26N2O4. The molecule has 22 heavy (non-hydrogen) atoms. The Labute approximate surface area is 131 Å². The van der Waals surface area contributed by atoms with Gasteiger partial charge in [-0.25, -0.2) is 0 Å². The number of rotatable bonds is 4. The molecule has 1 saturated carbocycles. The minimum Gasteiger partial charge on any atom is -0.379 e. The van der Waals surface area contributed by atoms with Crippen molar-refractivity contribution in [3.05, 3.63) is 0 Å². The van der Waals surface area contributed by atoms with Crippen LogP contribution in [0.1, 0.15) is 33.6 Å². The van der Waals surface area contributed by atoms with Crippen molar-refractivity contribution in [2.45, 2.75) is 39.7 Å². The van der Waals surface area contributed by atoms with Crippen LogP contribution in [0.4, 0.5) is 0 Å². The first-order chi connectivity index (χ1) is 10.3. The molecule has 6 heteroatoms. The largest absolute Gasteiger partial charge is 0.379 e. The van der Waals surface area contributed by atoms with Gasteiger partial charge >= 0.3 is 0 Å². The number of hydrogen-bond donors (Lipinski definition) is 1. The topological polar surface area (TPSA) is 75.7 Å². The maximum atomic E-state index is 12.3. The van der Waals surface area contributed by atoms with E-state index in [2.05, 4.69) is 10.2 Å². The SMILES string of the molecule is C[C@H](CN1CCOCC1)NC(=O)C1C(=O)CC(C)(C)CC1=O. The zero-order chi connectivity index (χ0) is 16.3. The zero-order valence-corrected chi connectivity index (χ0v) is 13.7. The van der Waals surface area contributed by atoms with Crippen molar-refractivity contribution in [1.82, 2.24) is 10.2 Å². The molecule has 0 bridgehead atoms. The Morgan fingerprint density at radius 1 is 1.27 bits per heavy atom. The lowest BCUT2D eigenvalue weighted by atomic mass is 9.71. The summed E-state index contributed by atoms with van der Waals surface area (Å²) in [5.41, 5.74) is -0.329. The van der Waals surface area contributed by atoms with E-state index in [1.165, 1.54) is 0 Å². The van der Waals surface area contributed by atoms with Gasteiger partial charge in [0.05, 0.1) is 13.2 Å². The third-order valence-electron chi connectivity index (χ3n) is 4.24. The van der Waals surface area contributed by atoms with Gasteiger partial charge in [-0.15, -0.1) is 0 Å². The average Bonchev–Trinajstić information content (AvgIpc) is 2.36. The number of carbonyl (C=O) groups is 3. The van der Waals surface area contributed by atoms with E-state index in [-0.39, 0.29) is 35.9 Å². The quantitative estimate of drug-likeness (QED) is 0.761. The van der Waals surface area contributed by atoms with E-state index in [1.54, 1.807) is 0 Å². The average molecular weight is 310 g/mol. The Morgan fingerprint density at radius 3 is 2.36 bits per heavy atom. The molecular weight excluding hydrogens is 284 g/mol. The highest BCUT2D eigenvalue weighted by Crippen LogP contribution is 2.33. The summed E-state index contributed by atoms with van der Waals surface area (Å²) >= 11 is 0. The molecule has 2 fully saturated rings. The van der Waals surface area contributed by atoms with Crippen LogP contribution in [0.25, 0.3) is 0 Å². The number of hydrogen-bond acceptors (Lipinski definition) is 5. The smallest absolute Gasteiger partial charge is 0.238 e. The first-order valence-electron chi connectivity index (χ1n) is 7.94. The minimum atomic E-state index is -1.11. The lowest BCUT2D eigenvalue weighted by Crippen LogP contribution is -2.51. The molecule has 0 aromatic carbocycles. The summed E-state index contributed by atoms with van der Waals surface area (Å²) in [7, 11) is 0. The highest BCUT2D eigenvalue weighted by Gasteiger charge is 2.43. The molecule has 6 nitrogen and oxygen atoms in total. The number of nitrogens with one attached hydrogen (secondary N) is 1. The standard InChI is InChI=1S/C16H26N2O4/c1-11(10-18-4-6-22-7-5-18)17-15(21)14-12(19)8-16(2,3)9-13(14)20/h11,14H,4-10H2,1-3H3,(H,17,21)/t11-/m1/s1. The van der Waals surface area contributed by atoms with Gasteiger partial charge in [-0.2, -0.15) is 0 Å². The number of ketones is 2. The maximum Gasteiger partial charge on any atom is 0.238 e. The van der Waals surface area contributed by atoms with Crippen molar-refractivity contribution in [2.24, 2.45) is 11.3 Å². The second-order valence-corrected chi connectivity index (χ2v) is 7.21. The van der Waals surface area contributed by atoms with Gasteiger partial charge in [-0.3, -0.25) is 19.3 Å². The van der Waals surface area contributed by atoms with Crippen LogP contribution in [-0.4, -0.2) is 61.3 Å². The normalized spacial score (nSPS) is 25.0. The van der Waals surface area contributed by atoms with Gasteiger partial charge in [0.2, 0.25) is 5.91 Å². The lowest BCUT2D eigenvalue weighted by Gasteiger charge is -2.33. The third kappa shape index (κ3) is 4.36. The Balaban J connectivity index is 1.88. The van der Waals surface area contributed by atoms with Crippen LogP contribution in [0, 0.1) is 11.3 Å². The predicted octanol–water partition coefficient (Wildman–Crippen LogP) is 0.398. The van der Waals surface area contributed by atoms with Gasteiger partial charge in [-0.1, -0.05) is 13.8 Å². The molecule has 0 unspecified atom stereocenters. The summed E-state index contributed by atoms with van der Waals surface area (Å²) in [6.07, 6.45) is 0.573. The summed E-state index contributed by atoms with van der Waals surface area (Å²) in [4.78, 5) is 38.7. The van der Waals surface area contributed by atoms with Crippen LogP contribution in [0.15, 0.2) is 0 Å². The molecule has 0 spiro atoms. The van der Waals surface area contributed by atoms with Gasteiger partial charge < -0.3 is 10.1 Å². The molecule has 1 atom stereocenters. The number of amides is 1. The summed E-state index contributed by atoms with van der Waals surface area (Å²) < 4.78 is 5.29. The van der Waals surface area contributed by atoms with Crippen molar-refractivity contribution in [2.75, 3.05) is 32.8 Å². The number of Topliss-reactive ketones (excluding diaryl/α,β-unsaturated/α-hetero) is 2. The fourth-order valence-electron chi connectivity index (χ4n) is 3.22. The molecule has 2 aliphatic rings. The molecule has 1 saturated heterocycles. The summed E-state index contributed by atoms with van der Waals surface area (Å²) in [5, 5.41) is 2.82. The Bertz CT molecular complexity index is 435. The van der Waals surface area contributed by atoms with E-state index in [0.717, 1.165) is 13.1 Å². The molecule has 0 aromatic rings. The van der Waals surface area contributed by atoms with Crippen LogP contribution < -0.4 is 5.32 Å². The summed E-state index contributed by atoms with van der Waals surface area (Å²) in [5.74, 6) is -2.05. The molecule has 1 amide bonds. The highest BCUT2D eigenvalue weighted by atomic mass is 16.5. The molecule has 0 aromatic heterocycles. The van der Waals surface area contributed by atoms with Crippen LogP contribution in [-0.2, 0) is 19.1 Å². The van der Waals surface area contributed by atoms with Crippen LogP contribution >= 0.6 is 0 Å². The van der Waals surface area contributed by atoms with E-state index in [0.29, 0.717) is 19.8 Å². The van der Waals surface area contributed by atoms with Crippen molar-refractivity contribution in [1.29, 1.82) is 0 Å². The Morgan fingerprint density at radius 2 is 1.82 bits per heavy atom. The summed E-state index contributed by atoms with van der Waals surface area (Å²) in [6.45, 7) is 9.47. The van der Waals surface area contributed by atoms with Gasteiger partial charge in [0.25, 0.3) is 0 Å². The second-order valence-electron chi connectivity index (χ2n) is 7.21. The summed E-state index contributed by atoms with van der Waals surface area (Å²) in [6, 6.07) is -0.0962. The van der Waals surface area contributed by atoms with E-state index in [1.807, 2.05) is 20.8 Å². The number of nitrogens with zero attached hydrogens (tertiary/aromatic N) is 1. The van der Waals surface area contributed by atoms with Gasteiger partial charge in [0.1, 0.15) is 0 Å². The number of carbonyl (C=O) groups excluding carboxylic acids is 3. The monoisotopic (exact) mass is 310 g/mol. The molecule has 1 aliphatic carbocycles. The highest BCUT2D eigenvalue weighted by molar-refractivity contribution is 6.20. The van der Waals surface area contributed by atoms with Gasteiger partial charge in [0, 0.05) is 38.5 Å². The minimum absolute atomic E-state index is 0.0962. The van der Waals surface area contributed by atoms with Gasteiger partial charge in [0.15, 0.2) is 17.5 Å². The zero-order valence-electron chi connectivity index (χ0n) is 13.7. The first-order valence-corrected chi connectivity index (χ1v) is 7.94. The van der Waals surface area contributed by atoms with Crippen LogP contribution in [0.5, 0.6) is 0 Å². The molecule has 124 valence electrons. The van der Waals surface area contributed by atoms with Crippen molar-refractivity contribution in [3.8, 4) is 0 Å². The lowest BCUT2D eigenvalue weighted by molar-refractivity contribution is -0.146. The predicted molar refractivity (Wildman–Crippen MR) is 81.4 cm³/mol. The maximum absolute atomic E-state index is 12.3. The Kier molecular flexibility index (Phi) is 5.34. The van der Waals surface area contributed by atoms with Crippen molar-refractivity contribution < 1.29 is 19.1 Å². The number of morpholine rings is 1. The molecule has 1 aliphatic heterocycles. The number of ether oxygens (including phenoxy) is 1. The van der Waals surface area contributed by atoms with E-state index < -0.39 is 11.8 Å². The van der Waals surface area contributed by atoms with E-state index in [4.69, 9.17) is 4.74 Å². The fraction of sp³-hybridized carbons (Fsp3) is 0.812. The van der Waals surface area contributed by atoms with Crippen molar-refractivity contribution in [3.63, 3.8) is 0 Å². The molecule has 2 rings (SSSR count). The van der Waals surface area contributed by atoms with Crippen LogP contribution in [0.2, 0.25) is 0 Å². The molecule has 1 N–H and O–H groups in total. The molecule has 1 heterocycles. The van der Waals surface area contributed by atoms with Crippen molar-refractivity contribution >= 4 is 17.5 Å². The first kappa shape index (κ1) is 17.1. The van der Waals surface area contributed by atoms with Gasteiger partial charge in [-0.05, 0) is 12.3 Å². The fourth-order valence-corrected chi connectivity index (χ4v) is 3.22. The molecule has 0 radical (unpaired) electrons. The second kappa shape index (κ2) is 6.87. The van der Waals surface area contributed by atoms with E-state index in [9.17, 15) is 14.4 Å². The van der Waals surface area contributed by atoms with E-state index >= 15 is 0 Å².